The summed E-state index contributed by atoms with van der Waals surface area (Å²) in [6, 6.07) is 3.26. The number of amides is 1. The Balaban J connectivity index is 2.21. The molecule has 0 bridgehead atoms. The molecule has 1 aliphatic rings. The van der Waals surface area contributed by atoms with Crippen molar-refractivity contribution in [3.8, 4) is 5.75 Å². The summed E-state index contributed by atoms with van der Waals surface area (Å²) < 4.78 is 61.9. The fraction of sp³-hybridized carbons (Fsp3) is 0.682. The Morgan fingerprint density at radius 2 is 1.85 bits per heavy atom. The molecule has 1 amide bonds. The van der Waals surface area contributed by atoms with Gasteiger partial charge in [0.15, 0.2) is 0 Å². The Hall–Kier alpha value is -2.18. The Labute approximate surface area is 199 Å². The molecule has 34 heavy (non-hydrogen) atoms. The Kier molecular flexibility index (Phi) is 9.89. The highest BCUT2D eigenvalue weighted by Crippen LogP contribution is 2.31. The van der Waals surface area contributed by atoms with Gasteiger partial charge in [-0.25, -0.2) is 26.7 Å². The van der Waals surface area contributed by atoms with E-state index >= 15 is 0 Å². The quantitative estimate of drug-likeness (QED) is 0.358. The van der Waals surface area contributed by atoms with E-state index in [1.807, 2.05) is 4.72 Å². The van der Waals surface area contributed by atoms with Crippen LogP contribution < -0.4 is 20.1 Å². The lowest BCUT2D eigenvalue weighted by Crippen LogP contribution is -2.52. The van der Waals surface area contributed by atoms with Crippen molar-refractivity contribution in [2.45, 2.75) is 82.1 Å². The van der Waals surface area contributed by atoms with Crippen molar-refractivity contribution in [1.82, 2.24) is 10.0 Å². The summed E-state index contributed by atoms with van der Waals surface area (Å²) in [5.41, 5.74) is -0.379. The molecule has 0 spiro atoms. The van der Waals surface area contributed by atoms with Gasteiger partial charge in [-0.3, -0.25) is 0 Å². The van der Waals surface area contributed by atoms with Gasteiger partial charge in [-0.1, -0.05) is 19.3 Å². The van der Waals surface area contributed by atoms with E-state index in [1.54, 1.807) is 20.8 Å². The van der Waals surface area contributed by atoms with Crippen molar-refractivity contribution >= 4 is 21.8 Å². The van der Waals surface area contributed by atoms with Crippen molar-refractivity contribution in [2.24, 2.45) is 5.92 Å². The van der Waals surface area contributed by atoms with Crippen LogP contribution in [0, 0.1) is 5.92 Å². The molecule has 0 aromatic heterocycles. The summed E-state index contributed by atoms with van der Waals surface area (Å²) in [6.45, 7) is 4.21. The standard InChI is InChI=1S/C22H35F2N3O6S/c1-22(2,3)33-21(29)27-19(14-8-6-5-7-9-14)20(28)26-15-10-11-17(16(12-15)32-4)34(30,31)25-13-18(23)24/h10-12,14,18-20,25-26,28H,5-9,13H2,1-4H3,(H,27,29)/t19-,20-/m0/s1. The van der Waals surface area contributed by atoms with Crippen molar-refractivity contribution < 1.29 is 36.6 Å². The minimum Gasteiger partial charge on any atom is -0.495 e. The molecule has 2 atom stereocenters. The minimum atomic E-state index is -4.23. The molecule has 0 saturated heterocycles. The number of hydrogen-bond acceptors (Lipinski definition) is 7. The van der Waals surface area contributed by atoms with Crippen LogP contribution in [-0.4, -0.2) is 57.6 Å². The number of benzene rings is 1. The van der Waals surface area contributed by atoms with Crippen LogP contribution in [0.15, 0.2) is 23.1 Å². The lowest BCUT2D eigenvalue weighted by Gasteiger charge is -2.35. The lowest BCUT2D eigenvalue weighted by atomic mass is 9.83. The van der Waals surface area contributed by atoms with E-state index in [2.05, 4.69) is 10.6 Å². The molecule has 12 heteroatoms. The summed E-state index contributed by atoms with van der Waals surface area (Å²) in [7, 11) is -2.98. The fourth-order valence-corrected chi connectivity index (χ4v) is 5.04. The fourth-order valence-electron chi connectivity index (χ4n) is 3.88. The summed E-state index contributed by atoms with van der Waals surface area (Å²) in [6.07, 6.45) is 0.0155. The number of alkyl carbamates (subject to hydrolysis) is 1. The van der Waals surface area contributed by atoms with Crippen molar-refractivity contribution in [3.63, 3.8) is 0 Å². The first-order valence-electron chi connectivity index (χ1n) is 11.2. The number of carbonyl (C=O) groups excluding carboxylic acids is 1. The Morgan fingerprint density at radius 3 is 2.41 bits per heavy atom. The number of carbonyl (C=O) groups is 1. The number of sulfonamides is 1. The van der Waals surface area contributed by atoms with Crippen LogP contribution in [0.2, 0.25) is 0 Å². The summed E-state index contributed by atoms with van der Waals surface area (Å²) in [5, 5.41) is 16.6. The first-order valence-corrected chi connectivity index (χ1v) is 12.7. The smallest absolute Gasteiger partial charge is 0.408 e. The molecular formula is C22H35F2N3O6S. The van der Waals surface area contributed by atoms with Crippen LogP contribution in [0.5, 0.6) is 5.75 Å². The van der Waals surface area contributed by atoms with Gasteiger partial charge in [0.1, 0.15) is 22.5 Å². The molecular weight excluding hydrogens is 472 g/mol. The Morgan fingerprint density at radius 1 is 1.21 bits per heavy atom. The highest BCUT2D eigenvalue weighted by Gasteiger charge is 2.33. The molecule has 194 valence electrons. The van der Waals surface area contributed by atoms with Gasteiger partial charge in [-0.05, 0) is 51.7 Å². The maximum Gasteiger partial charge on any atom is 0.408 e. The van der Waals surface area contributed by atoms with E-state index in [-0.39, 0.29) is 16.6 Å². The number of hydrogen-bond donors (Lipinski definition) is 4. The average Bonchev–Trinajstić information content (AvgIpc) is 2.75. The van der Waals surface area contributed by atoms with Gasteiger partial charge in [0.05, 0.1) is 19.7 Å². The van der Waals surface area contributed by atoms with Crippen molar-refractivity contribution in [1.29, 1.82) is 0 Å². The number of rotatable bonds is 10. The van der Waals surface area contributed by atoms with E-state index in [9.17, 15) is 27.1 Å². The van der Waals surface area contributed by atoms with Gasteiger partial charge in [0.2, 0.25) is 10.0 Å². The maximum atomic E-state index is 12.4. The number of alkyl halides is 2. The van der Waals surface area contributed by atoms with E-state index in [0.29, 0.717) is 5.69 Å². The molecule has 0 aliphatic heterocycles. The van der Waals surface area contributed by atoms with Crippen LogP contribution in [0.4, 0.5) is 19.3 Å². The zero-order valence-corrected chi connectivity index (χ0v) is 20.8. The Bertz CT molecular complexity index is 918. The van der Waals surface area contributed by atoms with E-state index in [1.165, 1.54) is 25.3 Å². The number of anilines is 1. The highest BCUT2D eigenvalue weighted by molar-refractivity contribution is 7.89. The molecule has 0 unspecified atom stereocenters. The van der Waals surface area contributed by atoms with Gasteiger partial charge in [-0.15, -0.1) is 0 Å². The molecule has 1 saturated carbocycles. The molecule has 0 radical (unpaired) electrons. The lowest BCUT2D eigenvalue weighted by molar-refractivity contribution is 0.0367. The molecule has 1 aromatic rings. The second-order valence-electron chi connectivity index (χ2n) is 9.27. The molecule has 1 aromatic carbocycles. The van der Waals surface area contributed by atoms with Gasteiger partial charge >= 0.3 is 6.09 Å². The number of aliphatic hydroxyl groups excluding tert-OH is 1. The monoisotopic (exact) mass is 507 g/mol. The summed E-state index contributed by atoms with van der Waals surface area (Å²) >= 11 is 0. The van der Waals surface area contributed by atoms with E-state index in [4.69, 9.17) is 9.47 Å². The second kappa shape index (κ2) is 12.0. The first kappa shape index (κ1) is 28.1. The van der Waals surface area contributed by atoms with E-state index in [0.717, 1.165) is 32.1 Å². The number of aliphatic hydroxyl groups is 1. The third-order valence-electron chi connectivity index (χ3n) is 5.38. The second-order valence-corrected chi connectivity index (χ2v) is 11.0. The summed E-state index contributed by atoms with van der Waals surface area (Å²) in [5.74, 6) is -0.0721. The molecule has 9 nitrogen and oxygen atoms in total. The molecule has 4 N–H and O–H groups in total. The van der Waals surface area contributed by atoms with Gasteiger partial charge in [0.25, 0.3) is 6.43 Å². The topological polar surface area (TPSA) is 126 Å². The van der Waals surface area contributed by atoms with Gasteiger partial charge in [0, 0.05) is 11.8 Å². The first-order chi connectivity index (χ1) is 15.8. The van der Waals surface area contributed by atoms with Gasteiger partial charge in [-0.2, -0.15) is 0 Å². The SMILES string of the molecule is COc1cc(N[C@@H](O)[C@@H](NC(=O)OC(C)(C)C)C2CCCCC2)ccc1S(=O)(=O)NCC(F)F. The molecule has 0 heterocycles. The number of halogens is 2. The number of methoxy groups -OCH3 is 1. The molecule has 1 fully saturated rings. The van der Waals surface area contributed by atoms with E-state index < -0.39 is 47.0 Å². The average molecular weight is 508 g/mol. The molecule has 1 aliphatic carbocycles. The number of ether oxygens (including phenoxy) is 2. The molecule has 2 rings (SSSR count). The van der Waals surface area contributed by atoms with Crippen LogP contribution in [0.3, 0.4) is 0 Å². The van der Waals surface area contributed by atoms with Crippen LogP contribution in [0.1, 0.15) is 52.9 Å². The van der Waals surface area contributed by atoms with Crippen molar-refractivity contribution in [3.05, 3.63) is 18.2 Å². The largest absolute Gasteiger partial charge is 0.495 e. The normalized spacial score (nSPS) is 17.2. The zero-order chi connectivity index (χ0) is 25.5. The van der Waals surface area contributed by atoms with Gasteiger partial charge < -0.3 is 25.2 Å². The van der Waals surface area contributed by atoms with Crippen LogP contribution in [0.25, 0.3) is 0 Å². The minimum absolute atomic E-state index is 0.0175. The van der Waals surface area contributed by atoms with Crippen LogP contribution in [-0.2, 0) is 14.8 Å². The predicted octanol–water partition coefficient (Wildman–Crippen LogP) is 3.44. The van der Waals surface area contributed by atoms with Crippen molar-refractivity contribution in [2.75, 3.05) is 19.0 Å². The highest BCUT2D eigenvalue weighted by atomic mass is 32.2. The third-order valence-corrected chi connectivity index (χ3v) is 6.84. The summed E-state index contributed by atoms with van der Waals surface area (Å²) in [4.78, 5) is 12.1. The zero-order valence-electron chi connectivity index (χ0n) is 19.9. The predicted molar refractivity (Wildman–Crippen MR) is 124 cm³/mol. The maximum absolute atomic E-state index is 12.4. The third kappa shape index (κ3) is 8.55. The number of nitrogens with one attached hydrogen (secondary N) is 3. The van der Waals surface area contributed by atoms with Crippen LogP contribution >= 0.6 is 0 Å².